The number of aliphatic hydroxyl groups excluding tert-OH is 1. The van der Waals surface area contributed by atoms with E-state index in [1.54, 1.807) is 30.3 Å². The summed E-state index contributed by atoms with van der Waals surface area (Å²) in [5.74, 6) is -0.954. The quantitative estimate of drug-likeness (QED) is 0.374. The molecule has 1 aromatic carbocycles. The van der Waals surface area contributed by atoms with Gasteiger partial charge in [-0.15, -0.1) is 0 Å². The summed E-state index contributed by atoms with van der Waals surface area (Å²) in [5, 5.41) is 11.9. The van der Waals surface area contributed by atoms with E-state index in [0.29, 0.717) is 30.0 Å². The average molecular weight is 339 g/mol. The number of carbonyl (C=O) groups excluding carboxylic acids is 2. The molecule has 7 heteroatoms. The van der Waals surface area contributed by atoms with Crippen LogP contribution in [-0.2, 0) is 9.59 Å². The number of benzene rings is 1. The van der Waals surface area contributed by atoms with Gasteiger partial charge in [-0.3, -0.25) is 19.8 Å². The first-order valence-corrected chi connectivity index (χ1v) is 7.59. The molecular formula is C15H15ClN2O3S. The van der Waals surface area contributed by atoms with Gasteiger partial charge in [0.1, 0.15) is 5.57 Å². The number of thiocarbonyl (C=S) groups is 1. The van der Waals surface area contributed by atoms with E-state index in [1.807, 2.05) is 0 Å². The van der Waals surface area contributed by atoms with Gasteiger partial charge in [0.15, 0.2) is 5.11 Å². The van der Waals surface area contributed by atoms with Crippen LogP contribution in [0.25, 0.3) is 0 Å². The number of amides is 2. The minimum absolute atomic E-state index is 0.0461. The maximum Gasteiger partial charge on any atom is 0.269 e. The van der Waals surface area contributed by atoms with Gasteiger partial charge in [0.25, 0.3) is 11.8 Å². The number of halogens is 1. The molecule has 2 rings (SSSR count). The van der Waals surface area contributed by atoms with E-state index in [0.717, 1.165) is 0 Å². The van der Waals surface area contributed by atoms with Crippen LogP contribution in [0.4, 0.5) is 5.69 Å². The van der Waals surface area contributed by atoms with Crippen LogP contribution >= 0.6 is 23.8 Å². The summed E-state index contributed by atoms with van der Waals surface area (Å²) < 4.78 is 0. The molecule has 0 radical (unpaired) electrons. The molecule has 1 aromatic rings. The maximum absolute atomic E-state index is 12.5. The Morgan fingerprint density at radius 2 is 1.91 bits per heavy atom. The predicted octanol–water partition coefficient (Wildman–Crippen LogP) is 2.18. The highest BCUT2D eigenvalue weighted by Crippen LogP contribution is 2.22. The van der Waals surface area contributed by atoms with Crippen LogP contribution in [0.5, 0.6) is 0 Å². The van der Waals surface area contributed by atoms with Crippen LogP contribution in [0, 0.1) is 0 Å². The van der Waals surface area contributed by atoms with Crippen molar-refractivity contribution in [1.82, 2.24) is 5.32 Å². The second-order valence-electron chi connectivity index (χ2n) is 4.71. The zero-order valence-electron chi connectivity index (χ0n) is 11.7. The van der Waals surface area contributed by atoms with Crippen molar-refractivity contribution in [3.05, 3.63) is 40.9 Å². The van der Waals surface area contributed by atoms with Crippen molar-refractivity contribution in [2.45, 2.75) is 19.3 Å². The SMILES string of the molecule is O=C1NC(=S)N(c2ccc(Cl)cc2)C(=O)/C1=C\CCCCO. The zero-order chi connectivity index (χ0) is 16.1. The smallest absolute Gasteiger partial charge is 0.269 e. The standard InChI is InChI=1S/C15H15ClN2O3S/c16-10-5-7-11(8-6-10)18-14(21)12(4-2-1-3-9-19)13(20)17-15(18)22/h4-8,19H,1-3,9H2,(H,17,20,22)/b12-4-. The van der Waals surface area contributed by atoms with Gasteiger partial charge in [-0.1, -0.05) is 17.7 Å². The Morgan fingerprint density at radius 1 is 1.23 bits per heavy atom. The number of hydrogen-bond donors (Lipinski definition) is 2. The summed E-state index contributed by atoms with van der Waals surface area (Å²) in [7, 11) is 0. The Morgan fingerprint density at radius 3 is 2.55 bits per heavy atom. The molecule has 0 unspecified atom stereocenters. The highest BCUT2D eigenvalue weighted by atomic mass is 35.5. The Bertz CT molecular complexity index is 628. The molecule has 1 aliphatic rings. The Labute approximate surface area is 138 Å². The fourth-order valence-electron chi connectivity index (χ4n) is 2.04. The summed E-state index contributed by atoms with van der Waals surface area (Å²) in [6.45, 7) is 0.0876. The first-order chi connectivity index (χ1) is 10.5. The van der Waals surface area contributed by atoms with E-state index >= 15 is 0 Å². The number of nitrogens with zero attached hydrogens (tertiary/aromatic N) is 1. The molecule has 2 N–H and O–H groups in total. The van der Waals surface area contributed by atoms with Crippen molar-refractivity contribution < 1.29 is 14.7 Å². The van der Waals surface area contributed by atoms with E-state index < -0.39 is 11.8 Å². The highest BCUT2D eigenvalue weighted by Gasteiger charge is 2.34. The lowest BCUT2D eigenvalue weighted by atomic mass is 10.1. The lowest BCUT2D eigenvalue weighted by molar-refractivity contribution is -0.122. The summed E-state index contributed by atoms with van der Waals surface area (Å²) in [5.41, 5.74) is 0.599. The van der Waals surface area contributed by atoms with Gasteiger partial charge in [-0.05, 0) is 55.7 Å². The van der Waals surface area contributed by atoms with E-state index in [1.165, 1.54) is 4.90 Å². The summed E-state index contributed by atoms with van der Waals surface area (Å²) >= 11 is 10.9. The molecule has 22 heavy (non-hydrogen) atoms. The normalized spacial score (nSPS) is 17.1. The van der Waals surface area contributed by atoms with Crippen LogP contribution in [0.1, 0.15) is 19.3 Å². The molecular weight excluding hydrogens is 324 g/mol. The lowest BCUT2D eigenvalue weighted by Gasteiger charge is -2.28. The van der Waals surface area contributed by atoms with E-state index in [2.05, 4.69) is 5.32 Å². The molecule has 2 amide bonds. The minimum Gasteiger partial charge on any atom is -0.396 e. The predicted molar refractivity (Wildman–Crippen MR) is 88.7 cm³/mol. The van der Waals surface area contributed by atoms with Crippen molar-refractivity contribution in [2.75, 3.05) is 11.5 Å². The third-order valence-electron chi connectivity index (χ3n) is 3.15. The van der Waals surface area contributed by atoms with Gasteiger partial charge in [0.05, 0.1) is 5.69 Å². The van der Waals surface area contributed by atoms with E-state index in [9.17, 15) is 9.59 Å². The Kier molecular flexibility index (Phi) is 5.65. The largest absolute Gasteiger partial charge is 0.396 e. The number of aliphatic hydroxyl groups is 1. The van der Waals surface area contributed by atoms with Gasteiger partial charge in [0.2, 0.25) is 0 Å². The molecule has 116 valence electrons. The average Bonchev–Trinajstić information content (AvgIpc) is 2.48. The second kappa shape index (κ2) is 7.49. The first kappa shape index (κ1) is 16.6. The molecule has 1 heterocycles. The fraction of sp³-hybridized carbons (Fsp3) is 0.267. The van der Waals surface area contributed by atoms with Crippen molar-refractivity contribution >= 4 is 46.4 Å². The number of rotatable bonds is 5. The van der Waals surface area contributed by atoms with Crippen molar-refractivity contribution in [2.24, 2.45) is 0 Å². The molecule has 0 atom stereocenters. The number of unbranched alkanes of at least 4 members (excludes halogenated alkanes) is 2. The van der Waals surface area contributed by atoms with E-state index in [4.69, 9.17) is 28.9 Å². The molecule has 1 saturated heterocycles. The molecule has 1 aliphatic heterocycles. The number of carbonyl (C=O) groups is 2. The van der Waals surface area contributed by atoms with E-state index in [-0.39, 0.29) is 17.3 Å². The van der Waals surface area contributed by atoms with Crippen molar-refractivity contribution in [3.8, 4) is 0 Å². The Hall–Kier alpha value is -1.76. The summed E-state index contributed by atoms with van der Waals surface area (Å²) in [6.07, 6.45) is 3.44. The van der Waals surface area contributed by atoms with Crippen molar-refractivity contribution in [3.63, 3.8) is 0 Å². The molecule has 0 aromatic heterocycles. The van der Waals surface area contributed by atoms with Gasteiger partial charge < -0.3 is 5.11 Å². The van der Waals surface area contributed by atoms with Crippen LogP contribution < -0.4 is 10.2 Å². The third kappa shape index (κ3) is 3.71. The fourth-order valence-corrected chi connectivity index (χ4v) is 2.44. The number of anilines is 1. The molecule has 1 fully saturated rings. The van der Waals surface area contributed by atoms with Gasteiger partial charge >= 0.3 is 0 Å². The summed E-state index contributed by atoms with van der Waals surface area (Å²) in [4.78, 5) is 25.7. The van der Waals surface area contributed by atoms with Gasteiger partial charge in [0, 0.05) is 11.6 Å². The molecule has 0 bridgehead atoms. The van der Waals surface area contributed by atoms with Crippen LogP contribution in [0.2, 0.25) is 5.02 Å². The van der Waals surface area contributed by atoms with Gasteiger partial charge in [-0.25, -0.2) is 0 Å². The topological polar surface area (TPSA) is 69.6 Å². The highest BCUT2D eigenvalue weighted by molar-refractivity contribution is 7.80. The van der Waals surface area contributed by atoms with Gasteiger partial charge in [-0.2, -0.15) is 0 Å². The molecule has 5 nitrogen and oxygen atoms in total. The first-order valence-electron chi connectivity index (χ1n) is 6.81. The molecule has 0 spiro atoms. The van der Waals surface area contributed by atoms with Crippen LogP contribution in [0.15, 0.2) is 35.9 Å². The number of nitrogens with one attached hydrogen (secondary N) is 1. The zero-order valence-corrected chi connectivity index (χ0v) is 13.3. The lowest BCUT2D eigenvalue weighted by Crippen LogP contribution is -2.54. The Balaban J connectivity index is 2.23. The van der Waals surface area contributed by atoms with Crippen molar-refractivity contribution in [1.29, 1.82) is 0 Å². The molecule has 0 saturated carbocycles. The number of allylic oxidation sites excluding steroid dienone is 1. The van der Waals surface area contributed by atoms with Crippen LogP contribution in [0.3, 0.4) is 0 Å². The molecule has 0 aliphatic carbocycles. The second-order valence-corrected chi connectivity index (χ2v) is 5.54. The van der Waals surface area contributed by atoms with Crippen LogP contribution in [-0.4, -0.2) is 28.6 Å². The number of hydrogen-bond acceptors (Lipinski definition) is 4. The minimum atomic E-state index is -0.496. The maximum atomic E-state index is 12.5. The summed E-state index contributed by atoms with van der Waals surface area (Å²) in [6, 6.07) is 6.61. The monoisotopic (exact) mass is 338 g/mol. The third-order valence-corrected chi connectivity index (χ3v) is 3.68.